The van der Waals surface area contributed by atoms with Crippen molar-refractivity contribution in [1.29, 1.82) is 0 Å². The molecule has 1 aromatic carbocycles. The lowest BCUT2D eigenvalue weighted by molar-refractivity contribution is 0.561. The van der Waals surface area contributed by atoms with Gasteiger partial charge in [-0.2, -0.15) is 0 Å². The van der Waals surface area contributed by atoms with Gasteiger partial charge in [0.25, 0.3) is 0 Å². The van der Waals surface area contributed by atoms with E-state index in [2.05, 4.69) is 5.32 Å². The maximum absolute atomic E-state index is 9.98. The lowest BCUT2D eigenvalue weighted by Gasteiger charge is -2.02. The Morgan fingerprint density at radius 1 is 1.36 bits per heavy atom. The number of amides is 1. The molecule has 0 aromatic heterocycles. The van der Waals surface area contributed by atoms with Crippen molar-refractivity contribution in [3.63, 3.8) is 0 Å². The molecule has 0 bridgehead atoms. The van der Waals surface area contributed by atoms with E-state index in [1.54, 1.807) is 6.41 Å². The third-order valence-corrected chi connectivity index (χ3v) is 1.57. The van der Waals surface area contributed by atoms with Gasteiger partial charge in [-0.3, -0.25) is 4.79 Å². The minimum Gasteiger partial charge on any atom is -0.318 e. The standard InChI is InChI=1S/C9H10NO/c1-7-3-4-9(10-6-11)8(2)5-7/h3-5H,1-2H3,(H,10,11). The molecule has 57 valence electrons. The first-order chi connectivity index (χ1) is 5.24. The number of carbonyl (C=O) groups excluding carboxylic acids is 1. The molecule has 2 heteroatoms. The molecule has 2 nitrogen and oxygen atoms in total. The number of hydrogen-bond acceptors (Lipinski definition) is 1. The molecule has 1 aromatic rings. The Morgan fingerprint density at radius 3 is 2.64 bits per heavy atom. The van der Waals surface area contributed by atoms with Crippen molar-refractivity contribution in [2.24, 2.45) is 0 Å². The number of hydrogen-bond donors (Lipinski definition) is 1. The molecule has 0 unspecified atom stereocenters. The summed E-state index contributed by atoms with van der Waals surface area (Å²) in [5.41, 5.74) is 3.08. The van der Waals surface area contributed by atoms with E-state index in [9.17, 15) is 4.79 Å². The van der Waals surface area contributed by atoms with Crippen LogP contribution in [0.5, 0.6) is 0 Å². The Kier molecular flexibility index (Phi) is 2.26. The predicted octanol–water partition coefficient (Wildman–Crippen LogP) is 1.78. The molecule has 1 rings (SSSR count). The maximum atomic E-state index is 9.98. The summed E-state index contributed by atoms with van der Waals surface area (Å²) in [4.78, 5) is 9.98. The summed E-state index contributed by atoms with van der Waals surface area (Å²) in [5, 5.41) is 2.50. The molecule has 0 heterocycles. The summed E-state index contributed by atoms with van der Waals surface area (Å²) in [6.45, 7) is 3.97. The van der Waals surface area contributed by atoms with Crippen molar-refractivity contribution in [2.75, 3.05) is 5.32 Å². The summed E-state index contributed by atoms with van der Waals surface area (Å²) in [7, 11) is 0. The molecule has 0 spiro atoms. The molecule has 0 aliphatic heterocycles. The van der Waals surface area contributed by atoms with Crippen molar-refractivity contribution >= 4 is 12.1 Å². The topological polar surface area (TPSA) is 29.1 Å². The SMILES string of the molecule is Cc1ccc(N[C]=O)c(C)c1. The highest BCUT2D eigenvalue weighted by molar-refractivity contribution is 5.73. The minimum absolute atomic E-state index is 0.825. The van der Waals surface area contributed by atoms with Crippen LogP contribution in [0.1, 0.15) is 11.1 Å². The fourth-order valence-corrected chi connectivity index (χ4v) is 1.01. The van der Waals surface area contributed by atoms with E-state index in [1.807, 2.05) is 32.0 Å². The van der Waals surface area contributed by atoms with Crippen molar-refractivity contribution in [2.45, 2.75) is 13.8 Å². The van der Waals surface area contributed by atoms with E-state index in [-0.39, 0.29) is 0 Å². The van der Waals surface area contributed by atoms with Gasteiger partial charge in [0.1, 0.15) is 0 Å². The molecule has 0 fully saturated rings. The third-order valence-electron chi connectivity index (χ3n) is 1.57. The molecule has 0 aliphatic carbocycles. The Balaban J connectivity index is 2.98. The summed E-state index contributed by atoms with van der Waals surface area (Å²) < 4.78 is 0. The lowest BCUT2D eigenvalue weighted by atomic mass is 10.1. The van der Waals surface area contributed by atoms with Crippen molar-refractivity contribution in [3.05, 3.63) is 29.3 Å². The van der Waals surface area contributed by atoms with Gasteiger partial charge in [-0.15, -0.1) is 0 Å². The van der Waals surface area contributed by atoms with Crippen LogP contribution in [0, 0.1) is 13.8 Å². The van der Waals surface area contributed by atoms with Gasteiger partial charge in [0.15, 0.2) is 0 Å². The lowest BCUT2D eigenvalue weighted by Crippen LogP contribution is -1.95. The molecule has 0 aliphatic rings. The normalized spacial score (nSPS) is 9.27. The van der Waals surface area contributed by atoms with Crippen LogP contribution >= 0.6 is 0 Å². The van der Waals surface area contributed by atoms with Gasteiger partial charge in [0, 0.05) is 5.69 Å². The zero-order valence-electron chi connectivity index (χ0n) is 6.64. The minimum atomic E-state index is 0.825. The summed E-state index contributed by atoms with van der Waals surface area (Å²) in [5.74, 6) is 0. The summed E-state index contributed by atoms with van der Waals surface area (Å²) in [6, 6.07) is 5.84. The van der Waals surface area contributed by atoms with Crippen LogP contribution in [-0.2, 0) is 4.79 Å². The quantitative estimate of drug-likeness (QED) is 0.636. The van der Waals surface area contributed by atoms with Crippen LogP contribution in [0.2, 0.25) is 0 Å². The van der Waals surface area contributed by atoms with Gasteiger partial charge in [-0.25, -0.2) is 0 Å². The first-order valence-electron chi connectivity index (χ1n) is 3.44. The fourth-order valence-electron chi connectivity index (χ4n) is 1.01. The van der Waals surface area contributed by atoms with E-state index in [0.29, 0.717) is 0 Å². The first-order valence-corrected chi connectivity index (χ1v) is 3.44. The number of rotatable bonds is 2. The van der Waals surface area contributed by atoms with Gasteiger partial charge in [0.2, 0.25) is 0 Å². The molecule has 0 saturated heterocycles. The van der Waals surface area contributed by atoms with Gasteiger partial charge in [-0.1, -0.05) is 17.7 Å². The highest BCUT2D eigenvalue weighted by Crippen LogP contribution is 2.14. The second kappa shape index (κ2) is 3.19. The average molecular weight is 148 g/mol. The summed E-state index contributed by atoms with van der Waals surface area (Å²) >= 11 is 0. The molecule has 0 saturated carbocycles. The van der Waals surface area contributed by atoms with Crippen LogP contribution in [0.25, 0.3) is 0 Å². The van der Waals surface area contributed by atoms with Crippen molar-refractivity contribution in [3.8, 4) is 0 Å². The number of benzene rings is 1. The largest absolute Gasteiger partial charge is 0.318 e. The molecule has 11 heavy (non-hydrogen) atoms. The third kappa shape index (κ3) is 1.80. The Bertz CT molecular complexity index is 268. The Morgan fingerprint density at radius 2 is 2.09 bits per heavy atom. The van der Waals surface area contributed by atoms with E-state index in [1.165, 1.54) is 5.56 Å². The first kappa shape index (κ1) is 7.79. The summed E-state index contributed by atoms with van der Waals surface area (Å²) in [6.07, 6.45) is 1.64. The Hall–Kier alpha value is -1.31. The second-order valence-electron chi connectivity index (χ2n) is 2.55. The van der Waals surface area contributed by atoms with Crippen LogP contribution in [0.4, 0.5) is 5.69 Å². The second-order valence-corrected chi connectivity index (χ2v) is 2.55. The van der Waals surface area contributed by atoms with Gasteiger partial charge in [0.05, 0.1) is 0 Å². The van der Waals surface area contributed by atoms with E-state index < -0.39 is 0 Å². The van der Waals surface area contributed by atoms with E-state index in [4.69, 9.17) is 0 Å². The van der Waals surface area contributed by atoms with Crippen LogP contribution in [0.3, 0.4) is 0 Å². The highest BCUT2D eigenvalue weighted by atomic mass is 16.1. The van der Waals surface area contributed by atoms with Gasteiger partial charge in [-0.05, 0) is 25.5 Å². The molecule has 1 N–H and O–H groups in total. The molecular weight excluding hydrogens is 138 g/mol. The molecular formula is C9H10NO. The average Bonchev–Trinajstić information content (AvgIpc) is 1.95. The van der Waals surface area contributed by atoms with E-state index >= 15 is 0 Å². The monoisotopic (exact) mass is 148 g/mol. The number of anilines is 1. The van der Waals surface area contributed by atoms with Crippen LogP contribution in [-0.4, -0.2) is 6.41 Å². The predicted molar refractivity (Wildman–Crippen MR) is 45.2 cm³/mol. The highest BCUT2D eigenvalue weighted by Gasteiger charge is 1.95. The molecule has 1 radical (unpaired) electrons. The smallest absolute Gasteiger partial charge is 0.314 e. The van der Waals surface area contributed by atoms with Crippen LogP contribution in [0.15, 0.2) is 18.2 Å². The van der Waals surface area contributed by atoms with Gasteiger partial charge >= 0.3 is 6.41 Å². The maximum Gasteiger partial charge on any atom is 0.314 e. The zero-order valence-corrected chi connectivity index (χ0v) is 6.64. The Labute approximate surface area is 66.2 Å². The number of nitrogens with one attached hydrogen (secondary N) is 1. The van der Waals surface area contributed by atoms with Gasteiger partial charge < -0.3 is 5.32 Å². The van der Waals surface area contributed by atoms with E-state index in [0.717, 1.165) is 11.3 Å². The van der Waals surface area contributed by atoms with Crippen molar-refractivity contribution < 1.29 is 4.79 Å². The zero-order chi connectivity index (χ0) is 8.27. The number of aryl methyl sites for hydroxylation is 2. The fraction of sp³-hybridized carbons (Fsp3) is 0.222. The van der Waals surface area contributed by atoms with Crippen LogP contribution < -0.4 is 5.32 Å². The molecule has 1 amide bonds. The van der Waals surface area contributed by atoms with Crippen molar-refractivity contribution in [1.82, 2.24) is 0 Å². The molecule has 0 atom stereocenters.